The Bertz CT molecular complexity index is 559. The van der Waals surface area contributed by atoms with Crippen molar-refractivity contribution < 1.29 is 9.21 Å². The van der Waals surface area contributed by atoms with E-state index in [0.717, 1.165) is 12.0 Å². The van der Waals surface area contributed by atoms with E-state index in [1.165, 1.54) is 12.3 Å². The average molecular weight is 217 g/mol. The molecule has 82 valence electrons. The molecule has 0 unspecified atom stereocenters. The highest BCUT2D eigenvalue weighted by Crippen LogP contribution is 2.15. The van der Waals surface area contributed by atoms with Gasteiger partial charge < -0.3 is 14.5 Å². The van der Waals surface area contributed by atoms with Crippen LogP contribution in [0.15, 0.2) is 39.7 Å². The molecule has 0 bridgehead atoms. The van der Waals surface area contributed by atoms with Crippen LogP contribution in [0.4, 0.5) is 5.69 Å². The molecule has 1 aromatic heterocycles. The van der Waals surface area contributed by atoms with Crippen LogP contribution in [0.5, 0.6) is 0 Å². The molecule has 0 aliphatic heterocycles. The van der Waals surface area contributed by atoms with Crippen LogP contribution in [0.2, 0.25) is 0 Å². The van der Waals surface area contributed by atoms with Gasteiger partial charge in [-0.3, -0.25) is 4.79 Å². The summed E-state index contributed by atoms with van der Waals surface area (Å²) in [5, 5.41) is 3.59. The van der Waals surface area contributed by atoms with Gasteiger partial charge in [-0.05, 0) is 18.2 Å². The molecule has 1 N–H and O–H groups in total. The lowest BCUT2D eigenvalue weighted by Crippen LogP contribution is -2.03. The fourth-order valence-electron chi connectivity index (χ4n) is 1.47. The molecule has 0 saturated carbocycles. The summed E-state index contributed by atoms with van der Waals surface area (Å²) in [6.07, 6.45) is 2.67. The van der Waals surface area contributed by atoms with E-state index < -0.39 is 0 Å². The molecule has 0 saturated heterocycles. The number of carbonyl (C=O) groups is 1. The molecule has 4 nitrogen and oxygen atoms in total. The van der Waals surface area contributed by atoms with E-state index in [0.29, 0.717) is 23.9 Å². The second-order valence-corrected chi connectivity index (χ2v) is 3.38. The second kappa shape index (κ2) is 4.61. The molecule has 4 heteroatoms. The van der Waals surface area contributed by atoms with Gasteiger partial charge in [0.2, 0.25) is 0 Å². The van der Waals surface area contributed by atoms with Crippen molar-refractivity contribution in [2.75, 3.05) is 11.9 Å². The lowest BCUT2D eigenvalue weighted by molar-refractivity contribution is -0.107. The van der Waals surface area contributed by atoms with Crippen LogP contribution in [0.3, 0.4) is 0 Å². The zero-order valence-corrected chi connectivity index (χ0v) is 8.60. The van der Waals surface area contributed by atoms with Gasteiger partial charge in [0, 0.05) is 24.7 Å². The van der Waals surface area contributed by atoms with E-state index >= 15 is 0 Å². The lowest BCUT2D eigenvalue weighted by Gasteiger charge is -2.04. The highest BCUT2D eigenvalue weighted by atomic mass is 16.3. The van der Waals surface area contributed by atoms with Gasteiger partial charge in [-0.15, -0.1) is 0 Å². The van der Waals surface area contributed by atoms with Gasteiger partial charge in [0.25, 0.3) is 0 Å². The molecule has 0 amide bonds. The Morgan fingerprint density at radius 3 is 3.00 bits per heavy atom. The Morgan fingerprint density at radius 2 is 2.19 bits per heavy atom. The number of benzene rings is 1. The normalized spacial score (nSPS) is 10.2. The third-order valence-electron chi connectivity index (χ3n) is 2.25. The molecule has 1 heterocycles. The molecule has 1 aromatic carbocycles. The van der Waals surface area contributed by atoms with Gasteiger partial charge in [0.05, 0.1) is 11.6 Å². The zero-order valence-electron chi connectivity index (χ0n) is 8.60. The topological polar surface area (TPSA) is 59.3 Å². The molecule has 2 rings (SSSR count). The van der Waals surface area contributed by atoms with Crippen molar-refractivity contribution in [1.29, 1.82) is 0 Å². The number of hydrogen-bond donors (Lipinski definition) is 1. The number of carbonyl (C=O) groups excluding carboxylic acids is 1. The first-order valence-electron chi connectivity index (χ1n) is 5.00. The standard InChI is InChI=1S/C12H11NO3/c14-6-1-5-13-9-2-3-12-10(8-9)11(15)4-7-16-12/h2-4,6-8,13H,1,5H2. The SMILES string of the molecule is O=CCCNc1ccc2occc(=O)c2c1. The summed E-state index contributed by atoms with van der Waals surface area (Å²) >= 11 is 0. The van der Waals surface area contributed by atoms with Gasteiger partial charge in [-0.1, -0.05) is 0 Å². The number of aldehydes is 1. The number of nitrogens with one attached hydrogen (secondary N) is 1. The van der Waals surface area contributed by atoms with E-state index in [1.807, 2.05) is 6.07 Å². The fraction of sp³-hybridized carbons (Fsp3) is 0.167. The summed E-state index contributed by atoms with van der Waals surface area (Å²) in [5.41, 5.74) is 1.31. The lowest BCUT2D eigenvalue weighted by atomic mass is 10.2. The first kappa shape index (κ1) is 10.4. The Balaban J connectivity index is 2.32. The van der Waals surface area contributed by atoms with E-state index in [-0.39, 0.29) is 5.43 Å². The smallest absolute Gasteiger partial charge is 0.192 e. The fourth-order valence-corrected chi connectivity index (χ4v) is 1.47. The maximum atomic E-state index is 11.5. The number of fused-ring (bicyclic) bond motifs is 1. The van der Waals surface area contributed by atoms with E-state index in [2.05, 4.69) is 5.32 Å². The summed E-state index contributed by atoms with van der Waals surface area (Å²) in [7, 11) is 0. The van der Waals surface area contributed by atoms with Gasteiger partial charge in [0.1, 0.15) is 11.9 Å². The van der Waals surface area contributed by atoms with Crippen molar-refractivity contribution in [3.05, 3.63) is 40.8 Å². The van der Waals surface area contributed by atoms with Crippen LogP contribution >= 0.6 is 0 Å². The largest absolute Gasteiger partial charge is 0.464 e. The van der Waals surface area contributed by atoms with Crippen molar-refractivity contribution in [3.8, 4) is 0 Å². The van der Waals surface area contributed by atoms with E-state index in [1.54, 1.807) is 12.1 Å². The minimum absolute atomic E-state index is 0.0692. The van der Waals surface area contributed by atoms with E-state index in [4.69, 9.17) is 4.42 Å². The Morgan fingerprint density at radius 1 is 1.31 bits per heavy atom. The van der Waals surface area contributed by atoms with Gasteiger partial charge in [-0.25, -0.2) is 0 Å². The van der Waals surface area contributed by atoms with Crippen molar-refractivity contribution in [1.82, 2.24) is 0 Å². The van der Waals surface area contributed by atoms with Gasteiger partial charge >= 0.3 is 0 Å². The molecule has 2 aromatic rings. The molecule has 0 aliphatic carbocycles. The summed E-state index contributed by atoms with van der Waals surface area (Å²) in [6.45, 7) is 0.563. The van der Waals surface area contributed by atoms with Crippen molar-refractivity contribution in [2.24, 2.45) is 0 Å². The summed E-state index contributed by atoms with van der Waals surface area (Å²) in [5.74, 6) is 0. The molecule has 0 radical (unpaired) electrons. The molecule has 0 atom stereocenters. The first-order chi connectivity index (χ1) is 7.81. The zero-order chi connectivity index (χ0) is 11.4. The summed E-state index contributed by atoms with van der Waals surface area (Å²) in [6, 6.07) is 6.67. The highest BCUT2D eigenvalue weighted by Gasteiger charge is 2.00. The van der Waals surface area contributed by atoms with Gasteiger partial charge in [0.15, 0.2) is 5.43 Å². The average Bonchev–Trinajstić information content (AvgIpc) is 2.30. The highest BCUT2D eigenvalue weighted by molar-refractivity contribution is 5.80. The maximum absolute atomic E-state index is 11.5. The van der Waals surface area contributed by atoms with Crippen molar-refractivity contribution in [3.63, 3.8) is 0 Å². The Kier molecular flexibility index (Phi) is 3.00. The monoisotopic (exact) mass is 217 g/mol. The molecule has 0 spiro atoms. The maximum Gasteiger partial charge on any atom is 0.192 e. The third kappa shape index (κ3) is 2.11. The molecule has 0 aliphatic rings. The molecule has 0 fully saturated rings. The second-order valence-electron chi connectivity index (χ2n) is 3.38. The van der Waals surface area contributed by atoms with Crippen LogP contribution in [-0.4, -0.2) is 12.8 Å². The molecular weight excluding hydrogens is 206 g/mol. The minimum atomic E-state index is -0.0692. The number of hydrogen-bond acceptors (Lipinski definition) is 4. The first-order valence-corrected chi connectivity index (χ1v) is 5.00. The summed E-state index contributed by atoms with van der Waals surface area (Å²) in [4.78, 5) is 21.7. The van der Waals surface area contributed by atoms with Crippen LogP contribution < -0.4 is 10.7 Å². The van der Waals surface area contributed by atoms with Crippen molar-refractivity contribution >= 4 is 22.9 Å². The van der Waals surface area contributed by atoms with Crippen molar-refractivity contribution in [2.45, 2.75) is 6.42 Å². The van der Waals surface area contributed by atoms with E-state index in [9.17, 15) is 9.59 Å². The number of rotatable bonds is 4. The Labute approximate surface area is 91.9 Å². The predicted molar refractivity (Wildman–Crippen MR) is 61.7 cm³/mol. The molecule has 16 heavy (non-hydrogen) atoms. The predicted octanol–water partition coefficient (Wildman–Crippen LogP) is 1.79. The quantitative estimate of drug-likeness (QED) is 0.626. The minimum Gasteiger partial charge on any atom is -0.464 e. The van der Waals surface area contributed by atoms with Crippen LogP contribution in [0.1, 0.15) is 6.42 Å². The summed E-state index contributed by atoms with van der Waals surface area (Å²) < 4.78 is 5.19. The van der Waals surface area contributed by atoms with Crippen LogP contribution in [0, 0.1) is 0 Å². The van der Waals surface area contributed by atoms with Crippen LogP contribution in [-0.2, 0) is 4.79 Å². The Hall–Kier alpha value is -2.10. The van der Waals surface area contributed by atoms with Gasteiger partial charge in [-0.2, -0.15) is 0 Å². The van der Waals surface area contributed by atoms with Crippen LogP contribution in [0.25, 0.3) is 11.0 Å². The number of anilines is 1. The molecular formula is C12H11NO3. The third-order valence-corrected chi connectivity index (χ3v) is 2.25.